The molecule has 1 N–H and O–H groups in total. The van der Waals surface area contributed by atoms with Gasteiger partial charge >= 0.3 is 0 Å². The standard InChI is InChI=1S/C18H22FN/c1-3-18(14-20-2,16-9-5-4-6-10-16)13-15-8-7-11-17(19)12-15/h4-12,20H,3,13-14H2,1-2H3. The molecule has 106 valence electrons. The maximum absolute atomic E-state index is 13.4. The molecule has 0 saturated carbocycles. The maximum Gasteiger partial charge on any atom is 0.123 e. The zero-order chi connectivity index (χ0) is 14.4. The molecular formula is C18H22FN. The smallest absolute Gasteiger partial charge is 0.123 e. The van der Waals surface area contributed by atoms with Crippen LogP contribution in [0.25, 0.3) is 0 Å². The third-order valence-corrected chi connectivity index (χ3v) is 4.01. The van der Waals surface area contributed by atoms with Crippen LogP contribution in [0, 0.1) is 5.82 Å². The van der Waals surface area contributed by atoms with Gasteiger partial charge < -0.3 is 5.32 Å². The number of likely N-dealkylation sites (N-methyl/N-ethyl adjacent to an activating group) is 1. The summed E-state index contributed by atoms with van der Waals surface area (Å²) >= 11 is 0. The fourth-order valence-electron chi connectivity index (χ4n) is 2.89. The first-order valence-corrected chi connectivity index (χ1v) is 7.15. The predicted molar refractivity (Wildman–Crippen MR) is 82.4 cm³/mol. The lowest BCUT2D eigenvalue weighted by Crippen LogP contribution is -2.38. The molecule has 2 heteroatoms. The zero-order valence-corrected chi connectivity index (χ0v) is 12.2. The Morgan fingerprint density at radius 1 is 1.05 bits per heavy atom. The SMILES string of the molecule is CCC(CNC)(Cc1cccc(F)c1)c1ccccc1. The van der Waals surface area contributed by atoms with Crippen molar-refractivity contribution in [3.8, 4) is 0 Å². The molecule has 1 nitrogen and oxygen atoms in total. The molecule has 0 radical (unpaired) electrons. The van der Waals surface area contributed by atoms with Crippen LogP contribution in [0.5, 0.6) is 0 Å². The maximum atomic E-state index is 13.4. The first-order valence-electron chi connectivity index (χ1n) is 7.15. The summed E-state index contributed by atoms with van der Waals surface area (Å²) in [6, 6.07) is 17.4. The highest BCUT2D eigenvalue weighted by molar-refractivity contribution is 5.30. The van der Waals surface area contributed by atoms with E-state index in [2.05, 4.69) is 36.5 Å². The van der Waals surface area contributed by atoms with Gasteiger partial charge in [0, 0.05) is 12.0 Å². The molecule has 0 saturated heterocycles. The first-order chi connectivity index (χ1) is 9.70. The summed E-state index contributed by atoms with van der Waals surface area (Å²) in [7, 11) is 1.97. The molecule has 20 heavy (non-hydrogen) atoms. The van der Waals surface area contributed by atoms with Crippen molar-refractivity contribution in [1.29, 1.82) is 0 Å². The third kappa shape index (κ3) is 3.26. The van der Waals surface area contributed by atoms with Crippen LogP contribution in [0.4, 0.5) is 4.39 Å². The molecule has 2 aromatic rings. The Labute approximate surface area is 120 Å². The van der Waals surface area contributed by atoms with E-state index in [1.807, 2.05) is 19.2 Å². The van der Waals surface area contributed by atoms with Gasteiger partial charge in [-0.3, -0.25) is 0 Å². The molecule has 1 atom stereocenters. The summed E-state index contributed by atoms with van der Waals surface area (Å²) in [5, 5.41) is 3.30. The van der Waals surface area contributed by atoms with Crippen molar-refractivity contribution in [2.24, 2.45) is 0 Å². The van der Waals surface area contributed by atoms with E-state index in [0.29, 0.717) is 0 Å². The summed E-state index contributed by atoms with van der Waals surface area (Å²) in [5.74, 6) is -0.162. The third-order valence-electron chi connectivity index (χ3n) is 4.01. The predicted octanol–water partition coefficient (Wildman–Crippen LogP) is 3.94. The van der Waals surface area contributed by atoms with Gasteiger partial charge in [0.1, 0.15) is 5.82 Å². The summed E-state index contributed by atoms with van der Waals surface area (Å²) in [6.45, 7) is 3.08. The number of hydrogen-bond donors (Lipinski definition) is 1. The van der Waals surface area contributed by atoms with Crippen LogP contribution in [0.15, 0.2) is 54.6 Å². The Kier molecular flexibility index (Phi) is 4.91. The largest absolute Gasteiger partial charge is 0.319 e. The molecule has 0 bridgehead atoms. The van der Waals surface area contributed by atoms with Gasteiger partial charge in [-0.25, -0.2) is 4.39 Å². The molecule has 0 spiro atoms. The number of benzene rings is 2. The van der Waals surface area contributed by atoms with E-state index in [1.54, 1.807) is 12.1 Å². The molecule has 0 aliphatic heterocycles. The van der Waals surface area contributed by atoms with Crippen molar-refractivity contribution in [3.63, 3.8) is 0 Å². The fraction of sp³-hybridized carbons (Fsp3) is 0.333. The zero-order valence-electron chi connectivity index (χ0n) is 12.2. The van der Waals surface area contributed by atoms with Gasteiger partial charge in [-0.05, 0) is 43.1 Å². The molecule has 0 aromatic heterocycles. The number of halogens is 1. The summed E-state index contributed by atoms with van der Waals surface area (Å²) in [6.07, 6.45) is 1.85. The van der Waals surface area contributed by atoms with Crippen LogP contribution >= 0.6 is 0 Å². The van der Waals surface area contributed by atoms with Crippen molar-refractivity contribution < 1.29 is 4.39 Å². The van der Waals surface area contributed by atoms with Crippen LogP contribution in [0.1, 0.15) is 24.5 Å². The van der Waals surface area contributed by atoms with Crippen LogP contribution in [0.2, 0.25) is 0 Å². The highest BCUT2D eigenvalue weighted by Gasteiger charge is 2.29. The molecule has 0 amide bonds. The van der Waals surface area contributed by atoms with Crippen LogP contribution in [-0.4, -0.2) is 13.6 Å². The lowest BCUT2D eigenvalue weighted by molar-refractivity contribution is 0.390. The Morgan fingerprint density at radius 3 is 2.40 bits per heavy atom. The first kappa shape index (κ1) is 14.7. The average molecular weight is 271 g/mol. The van der Waals surface area contributed by atoms with Crippen LogP contribution in [-0.2, 0) is 11.8 Å². The average Bonchev–Trinajstić information content (AvgIpc) is 2.48. The van der Waals surface area contributed by atoms with Gasteiger partial charge in [0.15, 0.2) is 0 Å². The summed E-state index contributed by atoms with van der Waals surface area (Å²) < 4.78 is 13.4. The summed E-state index contributed by atoms with van der Waals surface area (Å²) in [4.78, 5) is 0. The lowest BCUT2D eigenvalue weighted by Gasteiger charge is -2.33. The second-order valence-corrected chi connectivity index (χ2v) is 5.34. The molecular weight excluding hydrogens is 249 g/mol. The van der Waals surface area contributed by atoms with E-state index < -0.39 is 0 Å². The van der Waals surface area contributed by atoms with Crippen molar-refractivity contribution >= 4 is 0 Å². The minimum absolute atomic E-state index is 0.00377. The van der Waals surface area contributed by atoms with Gasteiger partial charge in [0.25, 0.3) is 0 Å². The van der Waals surface area contributed by atoms with Crippen LogP contribution in [0.3, 0.4) is 0 Å². The van der Waals surface area contributed by atoms with Gasteiger partial charge in [-0.2, -0.15) is 0 Å². The van der Waals surface area contributed by atoms with Gasteiger partial charge in [0.2, 0.25) is 0 Å². The Bertz CT molecular complexity index is 538. The van der Waals surface area contributed by atoms with E-state index in [-0.39, 0.29) is 11.2 Å². The van der Waals surface area contributed by atoms with E-state index >= 15 is 0 Å². The Balaban J connectivity index is 2.37. The molecule has 0 heterocycles. The van der Waals surface area contributed by atoms with Gasteiger partial charge in [-0.1, -0.05) is 49.4 Å². The normalized spacial score (nSPS) is 13.9. The fourth-order valence-corrected chi connectivity index (χ4v) is 2.89. The quantitative estimate of drug-likeness (QED) is 0.839. The van der Waals surface area contributed by atoms with Crippen molar-refractivity contribution in [3.05, 3.63) is 71.5 Å². The van der Waals surface area contributed by atoms with Gasteiger partial charge in [0.05, 0.1) is 0 Å². The molecule has 0 fully saturated rings. The minimum atomic E-state index is -0.162. The highest BCUT2D eigenvalue weighted by atomic mass is 19.1. The van der Waals surface area contributed by atoms with Crippen molar-refractivity contribution in [2.75, 3.05) is 13.6 Å². The molecule has 0 aliphatic carbocycles. The topological polar surface area (TPSA) is 12.0 Å². The van der Waals surface area contributed by atoms with Gasteiger partial charge in [-0.15, -0.1) is 0 Å². The molecule has 0 aliphatic rings. The van der Waals surface area contributed by atoms with E-state index in [4.69, 9.17) is 0 Å². The van der Waals surface area contributed by atoms with E-state index in [1.165, 1.54) is 11.6 Å². The minimum Gasteiger partial charge on any atom is -0.319 e. The number of rotatable bonds is 6. The van der Waals surface area contributed by atoms with E-state index in [0.717, 1.165) is 24.9 Å². The Hall–Kier alpha value is -1.67. The summed E-state index contributed by atoms with van der Waals surface area (Å²) in [5.41, 5.74) is 2.36. The second kappa shape index (κ2) is 6.67. The lowest BCUT2D eigenvalue weighted by atomic mass is 9.73. The Morgan fingerprint density at radius 2 is 1.80 bits per heavy atom. The number of nitrogens with one attached hydrogen (secondary N) is 1. The van der Waals surface area contributed by atoms with Crippen molar-refractivity contribution in [2.45, 2.75) is 25.2 Å². The molecule has 2 aromatic carbocycles. The van der Waals surface area contributed by atoms with Crippen LogP contribution < -0.4 is 5.32 Å². The van der Waals surface area contributed by atoms with Crippen molar-refractivity contribution in [1.82, 2.24) is 5.32 Å². The molecule has 2 rings (SSSR count). The highest BCUT2D eigenvalue weighted by Crippen LogP contribution is 2.31. The second-order valence-electron chi connectivity index (χ2n) is 5.34. The van der Waals surface area contributed by atoms with E-state index in [9.17, 15) is 4.39 Å². The number of hydrogen-bond acceptors (Lipinski definition) is 1. The molecule has 1 unspecified atom stereocenters. The monoisotopic (exact) mass is 271 g/mol.